The maximum absolute atomic E-state index is 10.4. The first-order valence-electron chi connectivity index (χ1n) is 5.59. The smallest absolute Gasteiger partial charge is 0.363 e. The fourth-order valence-electron chi connectivity index (χ4n) is 1.05. The van der Waals surface area contributed by atoms with Crippen LogP contribution in [0.5, 0.6) is 0 Å². The van der Waals surface area contributed by atoms with Gasteiger partial charge >= 0.3 is 13.3 Å². The number of aliphatic hydroxyl groups is 1. The number of aromatic nitrogens is 1. The molecule has 0 fully saturated rings. The maximum atomic E-state index is 10.4. The summed E-state index contributed by atoms with van der Waals surface area (Å²) in [6.07, 6.45) is 1.40. The zero-order valence-electron chi connectivity index (χ0n) is 11.0. The molecule has 98 valence electrons. The Morgan fingerprint density at radius 3 is 2.39 bits per heavy atom. The van der Waals surface area contributed by atoms with Gasteiger partial charge in [-0.2, -0.15) is 0 Å². The highest BCUT2D eigenvalue weighted by Crippen LogP contribution is 2.24. The van der Waals surface area contributed by atoms with Crippen molar-refractivity contribution in [2.45, 2.75) is 38.9 Å². The Morgan fingerprint density at radius 1 is 1.39 bits per heavy atom. The number of hydrogen-bond acceptors (Lipinski definition) is 5. The van der Waals surface area contributed by atoms with Gasteiger partial charge in [-0.3, -0.25) is 0 Å². The quantitative estimate of drug-likeness (QED) is 0.469. The molecule has 7 heteroatoms. The van der Waals surface area contributed by atoms with E-state index in [0.29, 0.717) is 0 Å². The topological polar surface area (TPSA) is 85.5 Å². The van der Waals surface area contributed by atoms with Gasteiger partial charge in [0, 0.05) is 6.07 Å². The molecular weight excluding hydrogens is 235 g/mol. The summed E-state index contributed by atoms with van der Waals surface area (Å²) >= 11 is 0. The number of nitro groups is 1. The molecule has 1 heterocycles. The summed E-state index contributed by atoms with van der Waals surface area (Å²) in [7, 11) is 0.238. The minimum atomic E-state index is -0.985. The fourth-order valence-corrected chi connectivity index (χ4v) is 1.05. The average Bonchev–Trinajstić information content (AvgIpc) is 2.25. The summed E-state index contributed by atoms with van der Waals surface area (Å²) in [6.45, 7) is 6.90. The third kappa shape index (κ3) is 3.51. The van der Waals surface area contributed by atoms with Gasteiger partial charge in [-0.05, 0) is 43.1 Å². The first-order valence-corrected chi connectivity index (χ1v) is 5.59. The van der Waals surface area contributed by atoms with Crippen LogP contribution in [0.1, 0.15) is 27.7 Å². The number of pyridine rings is 1. The number of nitrogens with zero attached hydrogens (tertiary/aromatic N) is 2. The van der Waals surface area contributed by atoms with Crippen LogP contribution in [0.4, 0.5) is 5.82 Å². The number of rotatable bonds is 5. The predicted molar refractivity (Wildman–Crippen MR) is 69.1 cm³/mol. The SMILES string of the molecule is CC(C)(O)C(C)(C)OBc1ccc([N+](=O)[O-])nc1. The van der Waals surface area contributed by atoms with Gasteiger partial charge < -0.3 is 19.9 Å². The van der Waals surface area contributed by atoms with Gasteiger partial charge in [0.05, 0.1) is 11.2 Å². The molecule has 1 rings (SSSR count). The van der Waals surface area contributed by atoms with Gasteiger partial charge in [-0.15, -0.1) is 0 Å². The zero-order chi connectivity index (χ0) is 14.0. The van der Waals surface area contributed by atoms with Gasteiger partial charge in [-0.1, -0.05) is 6.07 Å². The largest absolute Gasteiger partial charge is 0.427 e. The van der Waals surface area contributed by atoms with E-state index in [-0.39, 0.29) is 13.3 Å². The van der Waals surface area contributed by atoms with E-state index in [1.807, 2.05) is 0 Å². The Hall–Kier alpha value is -1.47. The summed E-state index contributed by atoms with van der Waals surface area (Å²) in [4.78, 5) is 13.6. The molecule has 6 nitrogen and oxygen atoms in total. The monoisotopic (exact) mass is 252 g/mol. The lowest BCUT2D eigenvalue weighted by Gasteiger charge is -2.37. The second kappa shape index (κ2) is 5.03. The van der Waals surface area contributed by atoms with E-state index in [4.69, 9.17) is 4.65 Å². The Balaban J connectivity index is 2.67. The van der Waals surface area contributed by atoms with E-state index in [0.717, 1.165) is 5.46 Å². The number of hydrogen-bond donors (Lipinski definition) is 1. The molecule has 0 aliphatic rings. The molecular formula is C11H17BN2O4. The van der Waals surface area contributed by atoms with Crippen molar-refractivity contribution >= 4 is 18.8 Å². The lowest BCUT2D eigenvalue weighted by atomic mass is 9.83. The van der Waals surface area contributed by atoms with Crippen molar-refractivity contribution in [1.29, 1.82) is 0 Å². The van der Waals surface area contributed by atoms with Crippen LogP contribution in [0.15, 0.2) is 18.3 Å². The maximum Gasteiger partial charge on any atom is 0.363 e. The van der Waals surface area contributed by atoms with Crippen LogP contribution in [0.3, 0.4) is 0 Å². The molecule has 0 atom stereocenters. The normalized spacial score (nSPS) is 12.3. The average molecular weight is 252 g/mol. The van der Waals surface area contributed by atoms with Gasteiger partial charge in [0.15, 0.2) is 0 Å². The molecule has 0 spiro atoms. The summed E-state index contributed by atoms with van der Waals surface area (Å²) in [5.74, 6) is -0.194. The molecule has 18 heavy (non-hydrogen) atoms. The van der Waals surface area contributed by atoms with Crippen LogP contribution >= 0.6 is 0 Å². The predicted octanol–water partition coefficient (Wildman–Crippen LogP) is 0.533. The molecule has 1 aromatic heterocycles. The summed E-state index contributed by atoms with van der Waals surface area (Å²) in [5.41, 5.74) is -0.992. The van der Waals surface area contributed by atoms with E-state index >= 15 is 0 Å². The summed E-state index contributed by atoms with van der Waals surface area (Å²) in [6, 6.07) is 2.92. The van der Waals surface area contributed by atoms with E-state index in [1.165, 1.54) is 12.3 Å². The second-order valence-corrected chi connectivity index (χ2v) is 5.14. The van der Waals surface area contributed by atoms with Crippen molar-refractivity contribution in [2.75, 3.05) is 0 Å². The Morgan fingerprint density at radius 2 is 2.00 bits per heavy atom. The highest BCUT2D eigenvalue weighted by molar-refractivity contribution is 6.46. The van der Waals surface area contributed by atoms with Crippen LogP contribution in [0.2, 0.25) is 0 Å². The van der Waals surface area contributed by atoms with E-state index in [2.05, 4.69) is 4.98 Å². The summed E-state index contributed by atoms with van der Waals surface area (Å²) in [5, 5.41) is 20.3. The molecule has 1 N–H and O–H groups in total. The third-order valence-corrected chi connectivity index (χ3v) is 3.07. The van der Waals surface area contributed by atoms with Crippen LogP contribution in [0, 0.1) is 10.1 Å². The van der Waals surface area contributed by atoms with Crippen molar-refractivity contribution < 1.29 is 14.7 Å². The highest BCUT2D eigenvalue weighted by atomic mass is 16.6. The van der Waals surface area contributed by atoms with Crippen LogP contribution in [-0.4, -0.2) is 33.7 Å². The van der Waals surface area contributed by atoms with Crippen LogP contribution < -0.4 is 5.46 Å². The molecule has 0 saturated heterocycles. The van der Waals surface area contributed by atoms with Gasteiger partial charge in [-0.25, -0.2) is 0 Å². The Kier molecular flexibility index (Phi) is 4.08. The lowest BCUT2D eigenvalue weighted by molar-refractivity contribution is -0.389. The fraction of sp³-hybridized carbons (Fsp3) is 0.545. The second-order valence-electron chi connectivity index (χ2n) is 5.14. The Labute approximate surface area is 106 Å². The molecule has 0 saturated carbocycles. The van der Waals surface area contributed by atoms with Crippen molar-refractivity contribution in [3.05, 3.63) is 28.4 Å². The molecule has 0 bridgehead atoms. The molecule has 1 aromatic rings. The molecule has 0 aromatic carbocycles. The first-order chi connectivity index (χ1) is 8.13. The standard InChI is InChI=1S/C11H17BN2O4/c1-10(2,15)11(3,4)18-12-8-5-6-9(13-7-8)14(16)17/h5-7,12,15H,1-4H3. The molecule has 0 amide bonds. The minimum absolute atomic E-state index is 0.194. The van der Waals surface area contributed by atoms with E-state index in [1.54, 1.807) is 33.8 Å². The van der Waals surface area contributed by atoms with Crippen molar-refractivity contribution in [2.24, 2.45) is 0 Å². The van der Waals surface area contributed by atoms with Crippen molar-refractivity contribution in [3.63, 3.8) is 0 Å². The van der Waals surface area contributed by atoms with Crippen LogP contribution in [0.25, 0.3) is 0 Å². The van der Waals surface area contributed by atoms with Gasteiger partial charge in [0.2, 0.25) is 0 Å². The van der Waals surface area contributed by atoms with E-state index < -0.39 is 16.1 Å². The molecule has 0 aliphatic heterocycles. The zero-order valence-corrected chi connectivity index (χ0v) is 11.0. The highest BCUT2D eigenvalue weighted by Gasteiger charge is 2.35. The summed E-state index contributed by atoms with van der Waals surface area (Å²) < 4.78 is 5.62. The lowest BCUT2D eigenvalue weighted by Crippen LogP contribution is -2.49. The van der Waals surface area contributed by atoms with Crippen molar-refractivity contribution in [3.8, 4) is 0 Å². The third-order valence-electron chi connectivity index (χ3n) is 3.07. The first kappa shape index (κ1) is 14.6. The van der Waals surface area contributed by atoms with Gasteiger partial charge in [0.25, 0.3) is 0 Å². The molecule has 0 unspecified atom stereocenters. The van der Waals surface area contributed by atoms with Crippen molar-refractivity contribution in [1.82, 2.24) is 4.98 Å². The van der Waals surface area contributed by atoms with Gasteiger partial charge in [0.1, 0.15) is 6.20 Å². The van der Waals surface area contributed by atoms with Crippen LogP contribution in [-0.2, 0) is 4.65 Å². The minimum Gasteiger partial charge on any atom is -0.427 e. The molecule has 0 radical (unpaired) electrons. The molecule has 0 aliphatic carbocycles. The Bertz CT molecular complexity index is 426. The van der Waals surface area contributed by atoms with E-state index in [9.17, 15) is 15.2 Å².